The number of H-pyrrole nitrogens is 1. The molecule has 4 aromatic rings. The molecule has 3 aromatic carbocycles. The van der Waals surface area contributed by atoms with Crippen LogP contribution in [0.15, 0.2) is 77.9 Å². The minimum Gasteiger partial charge on any atom is -0.361 e. The van der Waals surface area contributed by atoms with Gasteiger partial charge in [-0.05, 0) is 35.9 Å². The molecule has 1 aromatic heterocycles. The van der Waals surface area contributed by atoms with Crippen molar-refractivity contribution in [2.75, 3.05) is 0 Å². The van der Waals surface area contributed by atoms with Gasteiger partial charge < -0.3 is 4.98 Å². The average Bonchev–Trinajstić information content (AvgIpc) is 3.29. The Hall–Kier alpha value is -3.97. The summed E-state index contributed by atoms with van der Waals surface area (Å²) in [7, 11) is 0. The Balaban J connectivity index is 1.72. The van der Waals surface area contributed by atoms with Crippen molar-refractivity contribution in [3.05, 3.63) is 89.6 Å². The molecule has 0 fully saturated rings. The lowest BCUT2D eigenvalue weighted by atomic mass is 9.93. The fourth-order valence-corrected chi connectivity index (χ4v) is 3.58. The number of nitriles is 1. The van der Waals surface area contributed by atoms with Gasteiger partial charge in [0.05, 0.1) is 17.3 Å². The molecule has 0 saturated carbocycles. The third-order valence-electron chi connectivity index (χ3n) is 4.88. The van der Waals surface area contributed by atoms with E-state index in [0.717, 1.165) is 27.6 Å². The number of nitrogens with zero attached hydrogens (tertiary/aromatic N) is 2. The van der Waals surface area contributed by atoms with E-state index in [1.54, 1.807) is 6.07 Å². The van der Waals surface area contributed by atoms with Crippen molar-refractivity contribution in [1.82, 2.24) is 4.98 Å². The van der Waals surface area contributed by atoms with Gasteiger partial charge in [0, 0.05) is 33.8 Å². The van der Waals surface area contributed by atoms with Gasteiger partial charge in [-0.15, -0.1) is 0 Å². The number of hydrogen-bond acceptors (Lipinski definition) is 3. The van der Waals surface area contributed by atoms with E-state index < -0.39 is 0 Å². The number of fused-ring (bicyclic) bond motifs is 2. The first-order valence-corrected chi connectivity index (χ1v) is 8.60. The molecular formula is C23H13N3O. The van der Waals surface area contributed by atoms with E-state index in [-0.39, 0.29) is 5.78 Å². The van der Waals surface area contributed by atoms with Crippen molar-refractivity contribution in [3.63, 3.8) is 0 Å². The number of carbonyl (C=O) groups is 1. The molecule has 5 rings (SSSR count). The van der Waals surface area contributed by atoms with E-state index in [2.05, 4.69) is 16.0 Å². The van der Waals surface area contributed by atoms with Gasteiger partial charge in [-0.3, -0.25) is 4.79 Å². The second kappa shape index (κ2) is 5.79. The number of hydrogen-bond donors (Lipinski definition) is 1. The number of benzene rings is 3. The second-order valence-electron chi connectivity index (χ2n) is 6.43. The zero-order chi connectivity index (χ0) is 18.4. The number of para-hydroxylation sites is 1. The smallest absolute Gasteiger partial charge is 0.214 e. The van der Waals surface area contributed by atoms with Crippen molar-refractivity contribution in [1.29, 1.82) is 5.26 Å². The van der Waals surface area contributed by atoms with Crippen LogP contribution >= 0.6 is 0 Å². The minimum atomic E-state index is -0.0596. The van der Waals surface area contributed by atoms with E-state index in [9.17, 15) is 10.1 Å². The molecule has 1 aliphatic heterocycles. The van der Waals surface area contributed by atoms with Gasteiger partial charge in [0.1, 0.15) is 5.71 Å². The molecule has 4 heteroatoms. The van der Waals surface area contributed by atoms with E-state index in [1.807, 2.05) is 66.9 Å². The van der Waals surface area contributed by atoms with Crippen molar-refractivity contribution < 1.29 is 4.79 Å². The van der Waals surface area contributed by atoms with Crippen LogP contribution in [-0.2, 0) is 0 Å². The maximum atomic E-state index is 12.9. The normalized spacial score (nSPS) is 12.7. The molecule has 0 radical (unpaired) electrons. The van der Waals surface area contributed by atoms with Crippen LogP contribution in [0.3, 0.4) is 0 Å². The summed E-state index contributed by atoms with van der Waals surface area (Å²) in [5.74, 6) is -0.0596. The first-order valence-electron chi connectivity index (χ1n) is 8.60. The maximum absolute atomic E-state index is 12.9. The van der Waals surface area contributed by atoms with Crippen LogP contribution < -0.4 is 0 Å². The zero-order valence-corrected chi connectivity index (χ0v) is 14.2. The molecule has 0 atom stereocenters. The van der Waals surface area contributed by atoms with E-state index in [1.165, 1.54) is 0 Å². The Morgan fingerprint density at radius 3 is 2.37 bits per heavy atom. The van der Waals surface area contributed by atoms with Crippen LogP contribution in [-0.4, -0.2) is 16.5 Å². The molecular weight excluding hydrogens is 334 g/mol. The summed E-state index contributed by atoms with van der Waals surface area (Å²) in [4.78, 5) is 20.7. The lowest BCUT2D eigenvalue weighted by Crippen LogP contribution is -2.12. The number of rotatable bonds is 2. The monoisotopic (exact) mass is 347 g/mol. The number of ketones is 1. The van der Waals surface area contributed by atoms with Gasteiger partial charge in [0.15, 0.2) is 0 Å². The third-order valence-corrected chi connectivity index (χ3v) is 4.88. The number of aromatic nitrogens is 1. The Morgan fingerprint density at radius 2 is 1.59 bits per heavy atom. The fourth-order valence-electron chi connectivity index (χ4n) is 3.58. The summed E-state index contributed by atoms with van der Waals surface area (Å²) in [6.45, 7) is 0. The van der Waals surface area contributed by atoms with Crippen molar-refractivity contribution in [2.24, 2.45) is 4.99 Å². The van der Waals surface area contributed by atoms with E-state index in [4.69, 9.17) is 0 Å². The minimum absolute atomic E-state index is 0.0596. The SMILES string of the molecule is N#Cc1ccc2[nH]cc(-c3ccccc3C3=Nc4ccccc4C3=O)c2c1. The fraction of sp³-hybridized carbons (Fsp3) is 0. The van der Waals surface area contributed by atoms with Gasteiger partial charge >= 0.3 is 0 Å². The Kier molecular flexibility index (Phi) is 3.28. The highest BCUT2D eigenvalue weighted by Crippen LogP contribution is 2.35. The topological polar surface area (TPSA) is 69.0 Å². The predicted molar refractivity (Wildman–Crippen MR) is 105 cm³/mol. The lowest BCUT2D eigenvalue weighted by molar-refractivity contribution is 0.107. The summed E-state index contributed by atoms with van der Waals surface area (Å²) in [6.07, 6.45) is 1.91. The largest absolute Gasteiger partial charge is 0.361 e. The van der Waals surface area contributed by atoms with Gasteiger partial charge in [-0.1, -0.05) is 36.4 Å². The molecule has 0 amide bonds. The van der Waals surface area contributed by atoms with E-state index in [0.29, 0.717) is 22.5 Å². The summed E-state index contributed by atoms with van der Waals surface area (Å²) in [6, 6.07) is 22.9. The number of aromatic amines is 1. The molecule has 4 nitrogen and oxygen atoms in total. The number of aliphatic imine (C=N–C) groups is 1. The molecule has 27 heavy (non-hydrogen) atoms. The third kappa shape index (κ3) is 2.30. The van der Waals surface area contributed by atoms with Crippen molar-refractivity contribution >= 4 is 28.1 Å². The average molecular weight is 347 g/mol. The van der Waals surface area contributed by atoms with Crippen LogP contribution in [0.2, 0.25) is 0 Å². The number of carbonyl (C=O) groups excluding carboxylic acids is 1. The van der Waals surface area contributed by atoms with Gasteiger partial charge in [0.2, 0.25) is 5.78 Å². The molecule has 126 valence electrons. The van der Waals surface area contributed by atoms with E-state index >= 15 is 0 Å². The van der Waals surface area contributed by atoms with Crippen LogP contribution in [0, 0.1) is 11.3 Å². The molecule has 1 N–H and O–H groups in total. The molecule has 0 saturated heterocycles. The quantitative estimate of drug-likeness (QED) is 0.553. The molecule has 1 aliphatic rings. The van der Waals surface area contributed by atoms with Crippen LogP contribution in [0.5, 0.6) is 0 Å². The zero-order valence-electron chi connectivity index (χ0n) is 14.2. The molecule has 2 heterocycles. The molecule has 0 spiro atoms. The van der Waals surface area contributed by atoms with Crippen molar-refractivity contribution in [2.45, 2.75) is 0 Å². The Morgan fingerprint density at radius 1 is 0.852 bits per heavy atom. The highest BCUT2D eigenvalue weighted by molar-refractivity contribution is 6.55. The Labute approximate surface area is 155 Å². The van der Waals surface area contributed by atoms with Crippen molar-refractivity contribution in [3.8, 4) is 17.2 Å². The standard InChI is InChI=1S/C23H13N3O/c24-12-14-9-10-20-18(11-14)19(13-25-20)15-5-1-2-6-16(15)22-23(27)17-7-3-4-8-21(17)26-22/h1-11,13,25H. The highest BCUT2D eigenvalue weighted by Gasteiger charge is 2.27. The van der Waals surface area contributed by atoms with Gasteiger partial charge in [0.25, 0.3) is 0 Å². The molecule has 0 unspecified atom stereocenters. The van der Waals surface area contributed by atoms with Gasteiger partial charge in [-0.2, -0.15) is 5.26 Å². The summed E-state index contributed by atoms with van der Waals surface area (Å²) in [5.41, 5.74) is 6.00. The first kappa shape index (κ1) is 15.3. The second-order valence-corrected chi connectivity index (χ2v) is 6.43. The Bertz CT molecular complexity index is 1300. The van der Waals surface area contributed by atoms with Crippen LogP contribution in [0.25, 0.3) is 22.0 Å². The van der Waals surface area contributed by atoms with Crippen LogP contribution in [0.4, 0.5) is 5.69 Å². The number of nitrogens with one attached hydrogen (secondary N) is 1. The first-order chi connectivity index (χ1) is 13.3. The summed E-state index contributed by atoms with van der Waals surface area (Å²) < 4.78 is 0. The lowest BCUT2D eigenvalue weighted by Gasteiger charge is -2.08. The summed E-state index contributed by atoms with van der Waals surface area (Å²) in [5, 5.41) is 10.2. The molecule has 0 bridgehead atoms. The number of Topliss-reactive ketones (excluding diaryl/α,β-unsaturated/α-hetero) is 1. The summed E-state index contributed by atoms with van der Waals surface area (Å²) >= 11 is 0. The predicted octanol–water partition coefficient (Wildman–Crippen LogP) is 5.02. The van der Waals surface area contributed by atoms with Crippen LogP contribution in [0.1, 0.15) is 21.5 Å². The van der Waals surface area contributed by atoms with Gasteiger partial charge in [-0.25, -0.2) is 4.99 Å². The molecule has 0 aliphatic carbocycles. The maximum Gasteiger partial charge on any atom is 0.214 e. The highest BCUT2D eigenvalue weighted by atomic mass is 16.1.